The number of aromatic nitrogens is 8. The Labute approximate surface area is 644 Å². The smallest absolute Gasteiger partial charge is 0.164 e. The Morgan fingerprint density at radius 3 is 0.736 bits per heavy atom. The van der Waals surface area contributed by atoms with Crippen molar-refractivity contribution in [3.05, 3.63) is 388 Å². The number of fused-ring (bicyclic) bond motifs is 6. The average molecular weight is 1440 g/mol. The van der Waals surface area contributed by atoms with Crippen LogP contribution in [0.15, 0.2) is 388 Å². The van der Waals surface area contributed by atoms with Crippen molar-refractivity contribution in [2.45, 2.75) is 0 Å². The van der Waals surface area contributed by atoms with Gasteiger partial charge in [0.2, 0.25) is 0 Å². The van der Waals surface area contributed by atoms with Gasteiger partial charge in [-0.1, -0.05) is 370 Å². The molecule has 20 rings (SSSR count). The molecule has 10 heteroatoms. The van der Waals surface area contributed by atoms with Gasteiger partial charge in [0.15, 0.2) is 34.9 Å². The van der Waals surface area contributed by atoms with E-state index in [-0.39, 0.29) is 0 Å². The summed E-state index contributed by atoms with van der Waals surface area (Å²) in [6, 6.07) is 135. The van der Waals surface area contributed by atoms with Gasteiger partial charge in [-0.05, 0) is 62.7 Å². The highest BCUT2D eigenvalue weighted by atomic mass is 32.1. The summed E-state index contributed by atoms with van der Waals surface area (Å²) >= 11 is 3.71. The lowest BCUT2D eigenvalue weighted by Gasteiger charge is -2.12. The van der Waals surface area contributed by atoms with Crippen LogP contribution >= 0.6 is 22.7 Å². The third-order valence-electron chi connectivity index (χ3n) is 19.9. The van der Waals surface area contributed by atoms with Gasteiger partial charge in [0.25, 0.3) is 0 Å². The lowest BCUT2D eigenvalue weighted by Crippen LogP contribution is -2.00. The number of thiophene rings is 2. The van der Waals surface area contributed by atoms with Crippen molar-refractivity contribution in [2.24, 2.45) is 0 Å². The molecular formula is C100H64N8S2. The first-order chi connectivity index (χ1) is 54.5. The molecule has 0 aliphatic carbocycles. The molecule has 6 heterocycles. The lowest BCUT2D eigenvalue weighted by atomic mass is 9.94. The summed E-state index contributed by atoms with van der Waals surface area (Å²) in [6.45, 7) is 0. The first-order valence-electron chi connectivity index (χ1n) is 36.6. The molecule has 0 amide bonds. The first kappa shape index (κ1) is 66.5. The first-order valence-corrected chi connectivity index (χ1v) is 38.3. The van der Waals surface area contributed by atoms with Crippen molar-refractivity contribution in [1.29, 1.82) is 0 Å². The van der Waals surface area contributed by atoms with Crippen LogP contribution in [0, 0.1) is 0 Å². The van der Waals surface area contributed by atoms with Crippen molar-refractivity contribution in [3.63, 3.8) is 0 Å². The summed E-state index contributed by atoms with van der Waals surface area (Å²) in [5, 5.41) is 4.71. The van der Waals surface area contributed by atoms with E-state index in [2.05, 4.69) is 267 Å². The van der Waals surface area contributed by atoms with Crippen LogP contribution < -0.4 is 0 Å². The lowest BCUT2D eigenvalue weighted by molar-refractivity contribution is 1.07. The van der Waals surface area contributed by atoms with Crippen LogP contribution in [-0.2, 0) is 0 Å². The molecule has 516 valence electrons. The molecule has 0 bridgehead atoms. The third-order valence-corrected chi connectivity index (χ3v) is 22.4. The van der Waals surface area contributed by atoms with Crippen molar-refractivity contribution in [2.75, 3.05) is 0 Å². The second-order valence-corrected chi connectivity index (χ2v) is 28.9. The predicted octanol–water partition coefficient (Wildman–Crippen LogP) is 26.6. The number of hydrogen-bond acceptors (Lipinski definition) is 10. The SMILES string of the molecule is c1ccc(-c2nc(-c3ccccc3)nc(-c3ccc(-c4ccc(-c5nc6ccccc6c6sc(-c7ccccc7)c(-c7ccccc7)c56)cc4)cc3)n2)cc1.c1ccc(-c2nc(-c3ccccc3)nc(-c3cccc(-c4ccc(-c5nc6ccccc6c6sc(-c7ccccc7)c(-c7ccccc7)c56)cc4)c3)n2)cc1. The second kappa shape index (κ2) is 29.6. The van der Waals surface area contributed by atoms with Crippen molar-refractivity contribution in [3.8, 4) is 156 Å². The highest BCUT2D eigenvalue weighted by Crippen LogP contribution is 2.52. The van der Waals surface area contributed by atoms with E-state index in [0.29, 0.717) is 34.9 Å². The quantitative estimate of drug-likeness (QED) is 0.106. The van der Waals surface area contributed by atoms with Gasteiger partial charge in [0, 0.05) is 96.3 Å². The monoisotopic (exact) mass is 1440 g/mol. The van der Waals surface area contributed by atoms with Crippen LogP contribution in [0.4, 0.5) is 0 Å². The van der Waals surface area contributed by atoms with E-state index in [1.165, 1.54) is 74.1 Å². The van der Waals surface area contributed by atoms with E-state index in [9.17, 15) is 0 Å². The highest BCUT2D eigenvalue weighted by molar-refractivity contribution is 7.24. The Morgan fingerprint density at radius 1 is 0.164 bits per heavy atom. The van der Waals surface area contributed by atoms with Gasteiger partial charge in [-0.2, -0.15) is 0 Å². The topological polar surface area (TPSA) is 103 Å². The Balaban J connectivity index is 0.000000149. The fourth-order valence-electron chi connectivity index (χ4n) is 14.5. The molecule has 0 atom stereocenters. The Bertz CT molecular complexity index is 6580. The van der Waals surface area contributed by atoms with Gasteiger partial charge in [-0.15, -0.1) is 22.7 Å². The summed E-state index contributed by atoms with van der Waals surface area (Å²) in [7, 11) is 0. The summed E-state index contributed by atoms with van der Waals surface area (Å²) in [6.07, 6.45) is 0. The van der Waals surface area contributed by atoms with E-state index < -0.39 is 0 Å². The van der Waals surface area contributed by atoms with Crippen LogP contribution in [0.25, 0.3) is 198 Å². The molecule has 0 N–H and O–H groups in total. The number of pyridine rings is 2. The summed E-state index contributed by atoms with van der Waals surface area (Å²) in [5.41, 5.74) is 23.4. The van der Waals surface area contributed by atoms with Crippen LogP contribution in [0.3, 0.4) is 0 Å². The molecule has 0 unspecified atom stereocenters. The molecule has 0 saturated carbocycles. The molecule has 20 aromatic rings. The summed E-state index contributed by atoms with van der Waals surface area (Å²) < 4.78 is 2.50. The van der Waals surface area contributed by atoms with Gasteiger partial charge in [0.1, 0.15) is 0 Å². The normalized spacial score (nSPS) is 11.3. The maximum atomic E-state index is 5.37. The third kappa shape index (κ3) is 13.2. The Morgan fingerprint density at radius 2 is 0.400 bits per heavy atom. The maximum absolute atomic E-state index is 5.37. The van der Waals surface area contributed by atoms with Crippen LogP contribution in [0.2, 0.25) is 0 Å². The summed E-state index contributed by atoms with van der Waals surface area (Å²) in [4.78, 5) is 42.7. The minimum atomic E-state index is 0.633. The molecule has 0 radical (unpaired) electrons. The van der Waals surface area contributed by atoms with Crippen LogP contribution in [-0.4, -0.2) is 39.9 Å². The standard InChI is InChI=1S/2C50H32N4S/c1-5-16-34(17-6-1)43-44-45(51-42-27-14-13-26-41(42)47(44)55-46(43)36-18-7-2-8-19-36)35-30-28-33(29-31-35)39-24-15-25-40(32-39)50-53-48(37-20-9-3-10-21-37)52-49(54-50)38-22-11-4-12-23-38;1-5-15-35(16-6-1)43-44-45(51-42-24-14-13-23-41(42)47(44)55-46(43)37-17-7-2-8-18-37)36-29-25-33(26-30-36)34-27-31-40(32-28-34)50-53-48(38-19-9-3-10-20-38)52-49(54-50)39-21-11-4-12-22-39/h2*1-32H. The van der Waals surface area contributed by atoms with E-state index in [1.54, 1.807) is 0 Å². The molecule has 110 heavy (non-hydrogen) atoms. The molecule has 0 fully saturated rings. The highest BCUT2D eigenvalue weighted by Gasteiger charge is 2.26. The molecule has 0 spiro atoms. The van der Waals surface area contributed by atoms with Gasteiger partial charge in [0.05, 0.1) is 22.4 Å². The van der Waals surface area contributed by atoms with Crippen LogP contribution in [0.1, 0.15) is 0 Å². The van der Waals surface area contributed by atoms with E-state index >= 15 is 0 Å². The summed E-state index contributed by atoms with van der Waals surface area (Å²) in [5.74, 6) is 3.86. The zero-order chi connectivity index (χ0) is 73.1. The van der Waals surface area contributed by atoms with Gasteiger partial charge in [-0.3, -0.25) is 0 Å². The minimum Gasteiger partial charge on any atom is -0.247 e. The Kier molecular flexibility index (Phi) is 17.9. The second-order valence-electron chi connectivity index (χ2n) is 26.8. The molecule has 8 nitrogen and oxygen atoms in total. The number of nitrogens with zero attached hydrogens (tertiary/aromatic N) is 8. The zero-order valence-corrected chi connectivity index (χ0v) is 61.0. The maximum Gasteiger partial charge on any atom is 0.164 e. The van der Waals surface area contributed by atoms with E-state index in [0.717, 1.165) is 89.2 Å². The largest absolute Gasteiger partial charge is 0.247 e. The molecule has 0 aliphatic rings. The Hall–Kier alpha value is -14.2. The van der Waals surface area contributed by atoms with Crippen molar-refractivity contribution in [1.82, 2.24) is 39.9 Å². The number of hydrogen-bond donors (Lipinski definition) is 0. The molecule has 0 saturated heterocycles. The fraction of sp³-hybridized carbons (Fsp3) is 0. The van der Waals surface area contributed by atoms with Gasteiger partial charge in [-0.25, -0.2) is 39.9 Å². The molecular weight excluding hydrogens is 1380 g/mol. The van der Waals surface area contributed by atoms with Crippen LogP contribution in [0.5, 0.6) is 0 Å². The number of rotatable bonds is 14. The molecule has 0 aliphatic heterocycles. The predicted molar refractivity (Wildman–Crippen MR) is 457 cm³/mol. The van der Waals surface area contributed by atoms with Gasteiger partial charge >= 0.3 is 0 Å². The molecule has 6 aromatic heterocycles. The van der Waals surface area contributed by atoms with Gasteiger partial charge < -0.3 is 0 Å². The average Bonchev–Trinajstić information content (AvgIpc) is 1.57. The van der Waals surface area contributed by atoms with E-state index in [4.69, 9.17) is 39.9 Å². The van der Waals surface area contributed by atoms with Crippen molar-refractivity contribution < 1.29 is 0 Å². The minimum absolute atomic E-state index is 0.633. The number of benzene rings is 14. The van der Waals surface area contributed by atoms with E-state index in [1.807, 2.05) is 144 Å². The van der Waals surface area contributed by atoms with Crippen molar-refractivity contribution >= 4 is 64.7 Å². The fourth-order valence-corrected chi connectivity index (χ4v) is 17.2. The number of para-hydroxylation sites is 2. The molecule has 14 aromatic carbocycles. The zero-order valence-electron chi connectivity index (χ0n) is 59.3.